The topological polar surface area (TPSA) is 49.4 Å². The van der Waals surface area contributed by atoms with Crippen molar-refractivity contribution in [3.63, 3.8) is 0 Å². The molecule has 22 heavy (non-hydrogen) atoms. The molecule has 1 heterocycles. The van der Waals surface area contributed by atoms with Gasteiger partial charge in [-0.3, -0.25) is 9.59 Å². The number of nitrogens with zero attached hydrogens (tertiary/aromatic N) is 1. The van der Waals surface area contributed by atoms with Gasteiger partial charge in [-0.1, -0.05) is 41.4 Å². The molecule has 0 radical (unpaired) electrons. The highest BCUT2D eigenvalue weighted by Crippen LogP contribution is 2.30. The van der Waals surface area contributed by atoms with Crippen molar-refractivity contribution in [3.8, 4) is 0 Å². The zero-order valence-electron chi connectivity index (χ0n) is 11.5. The van der Waals surface area contributed by atoms with E-state index in [-0.39, 0.29) is 24.8 Å². The van der Waals surface area contributed by atoms with E-state index in [0.29, 0.717) is 21.4 Å². The Kier molecular flexibility index (Phi) is 4.05. The first kappa shape index (κ1) is 14.9. The highest BCUT2D eigenvalue weighted by molar-refractivity contribution is 6.42. The predicted molar refractivity (Wildman–Crippen MR) is 87.6 cm³/mol. The van der Waals surface area contributed by atoms with Gasteiger partial charge in [0.05, 0.1) is 27.8 Å². The van der Waals surface area contributed by atoms with Crippen LogP contribution in [-0.4, -0.2) is 18.4 Å². The highest BCUT2D eigenvalue weighted by Gasteiger charge is 2.26. The number of hydrogen-bond donors (Lipinski definition) is 1. The summed E-state index contributed by atoms with van der Waals surface area (Å²) in [4.78, 5) is 25.8. The molecule has 1 aliphatic heterocycles. The second-order valence-electron chi connectivity index (χ2n) is 4.97. The third-order valence-electron chi connectivity index (χ3n) is 3.41. The van der Waals surface area contributed by atoms with E-state index in [1.807, 2.05) is 18.2 Å². The lowest BCUT2D eigenvalue weighted by Crippen LogP contribution is -2.42. The minimum absolute atomic E-state index is 0.0111. The van der Waals surface area contributed by atoms with Gasteiger partial charge >= 0.3 is 0 Å². The van der Waals surface area contributed by atoms with Crippen LogP contribution < -0.4 is 10.2 Å². The van der Waals surface area contributed by atoms with Gasteiger partial charge < -0.3 is 10.2 Å². The monoisotopic (exact) mass is 334 g/mol. The van der Waals surface area contributed by atoms with E-state index in [0.717, 1.165) is 5.56 Å². The number of para-hydroxylation sites is 2. The molecule has 0 aromatic heterocycles. The largest absolute Gasteiger partial charge is 0.323 e. The Balaban J connectivity index is 1.86. The summed E-state index contributed by atoms with van der Waals surface area (Å²) in [7, 11) is 0. The lowest BCUT2D eigenvalue weighted by atomic mass is 10.1. The molecule has 0 saturated heterocycles. The first-order valence-corrected chi connectivity index (χ1v) is 7.43. The molecule has 2 aromatic rings. The number of hydrogen-bond acceptors (Lipinski definition) is 2. The lowest BCUT2D eigenvalue weighted by Gasteiger charge is -2.29. The Hall–Kier alpha value is -2.04. The van der Waals surface area contributed by atoms with Gasteiger partial charge in [0.25, 0.3) is 0 Å². The number of benzene rings is 2. The minimum Gasteiger partial charge on any atom is -0.323 e. The Morgan fingerprint density at radius 3 is 2.68 bits per heavy atom. The van der Waals surface area contributed by atoms with E-state index in [9.17, 15) is 9.59 Å². The number of anilines is 2. The Morgan fingerprint density at radius 1 is 1.14 bits per heavy atom. The van der Waals surface area contributed by atoms with Crippen molar-refractivity contribution < 1.29 is 9.59 Å². The van der Waals surface area contributed by atoms with Crippen LogP contribution in [0.1, 0.15) is 5.56 Å². The van der Waals surface area contributed by atoms with Crippen molar-refractivity contribution in [2.24, 2.45) is 0 Å². The smallest absolute Gasteiger partial charge is 0.244 e. The maximum absolute atomic E-state index is 12.5. The molecule has 4 nitrogen and oxygen atoms in total. The summed E-state index contributed by atoms with van der Waals surface area (Å²) in [5.41, 5.74) is 2.09. The molecule has 0 unspecified atom stereocenters. The van der Waals surface area contributed by atoms with Gasteiger partial charge in [0.2, 0.25) is 11.8 Å². The third-order valence-corrected chi connectivity index (χ3v) is 4.15. The fraction of sp³-hybridized carbons (Fsp3) is 0.125. The molecular weight excluding hydrogens is 323 g/mol. The molecule has 0 aliphatic carbocycles. The maximum Gasteiger partial charge on any atom is 0.244 e. The van der Waals surface area contributed by atoms with E-state index >= 15 is 0 Å². The Morgan fingerprint density at radius 2 is 1.91 bits per heavy atom. The summed E-state index contributed by atoms with van der Waals surface area (Å²) in [6.07, 6.45) is 0.151. The molecule has 0 saturated carbocycles. The fourth-order valence-electron chi connectivity index (χ4n) is 2.38. The second-order valence-corrected chi connectivity index (χ2v) is 5.78. The zero-order chi connectivity index (χ0) is 15.7. The molecule has 2 aromatic carbocycles. The van der Waals surface area contributed by atoms with E-state index < -0.39 is 0 Å². The first-order chi connectivity index (χ1) is 10.5. The average molecular weight is 335 g/mol. The van der Waals surface area contributed by atoms with Crippen molar-refractivity contribution >= 4 is 46.4 Å². The van der Waals surface area contributed by atoms with Crippen LogP contribution in [0.25, 0.3) is 0 Å². The van der Waals surface area contributed by atoms with Gasteiger partial charge in [-0.25, -0.2) is 0 Å². The van der Waals surface area contributed by atoms with E-state index in [1.54, 1.807) is 24.3 Å². The quantitative estimate of drug-likeness (QED) is 0.913. The number of carbonyl (C=O) groups excluding carboxylic acids is 2. The highest BCUT2D eigenvalue weighted by atomic mass is 35.5. The number of amides is 2. The third kappa shape index (κ3) is 2.93. The molecule has 112 valence electrons. The maximum atomic E-state index is 12.5. The van der Waals surface area contributed by atoms with Crippen molar-refractivity contribution in [1.82, 2.24) is 0 Å². The van der Waals surface area contributed by atoms with Crippen molar-refractivity contribution in [3.05, 3.63) is 58.1 Å². The normalized spacial score (nSPS) is 13.5. The van der Waals surface area contributed by atoms with E-state index in [2.05, 4.69) is 5.32 Å². The van der Waals surface area contributed by atoms with Crippen LogP contribution in [0, 0.1) is 0 Å². The van der Waals surface area contributed by atoms with Crippen molar-refractivity contribution in [2.75, 3.05) is 16.8 Å². The summed E-state index contributed by atoms with van der Waals surface area (Å²) >= 11 is 11.8. The SMILES string of the molecule is O=C1CN(C(=O)Cc2ccc(Cl)c(Cl)c2)c2ccccc2N1. The van der Waals surface area contributed by atoms with Crippen molar-refractivity contribution in [2.45, 2.75) is 6.42 Å². The van der Waals surface area contributed by atoms with Gasteiger partial charge in [0, 0.05) is 0 Å². The molecule has 3 rings (SSSR count). The summed E-state index contributed by atoms with van der Waals surface area (Å²) < 4.78 is 0. The van der Waals surface area contributed by atoms with E-state index in [1.165, 1.54) is 4.90 Å². The molecule has 0 bridgehead atoms. The van der Waals surface area contributed by atoms with Crippen LogP contribution in [0.2, 0.25) is 10.0 Å². The number of halogens is 2. The Bertz CT molecular complexity index is 762. The standard InChI is InChI=1S/C16H12Cl2N2O2/c17-11-6-5-10(7-12(11)18)8-16(22)20-9-15(21)19-13-3-1-2-4-14(13)20/h1-7H,8-9H2,(H,19,21). The summed E-state index contributed by atoms with van der Waals surface area (Å²) in [5, 5.41) is 3.61. The molecule has 0 fully saturated rings. The zero-order valence-corrected chi connectivity index (χ0v) is 13.0. The van der Waals surface area contributed by atoms with Crippen LogP contribution in [0.3, 0.4) is 0 Å². The van der Waals surface area contributed by atoms with E-state index in [4.69, 9.17) is 23.2 Å². The number of rotatable bonds is 2. The number of nitrogens with one attached hydrogen (secondary N) is 1. The molecule has 6 heteroatoms. The molecule has 1 aliphatic rings. The van der Waals surface area contributed by atoms with Crippen LogP contribution in [-0.2, 0) is 16.0 Å². The summed E-state index contributed by atoms with van der Waals surface area (Å²) in [5.74, 6) is -0.373. The molecule has 0 spiro atoms. The fourth-order valence-corrected chi connectivity index (χ4v) is 2.70. The minimum atomic E-state index is -0.207. The molecule has 2 amide bonds. The summed E-state index contributed by atoms with van der Waals surface area (Å²) in [6, 6.07) is 12.3. The number of carbonyl (C=O) groups is 2. The van der Waals surface area contributed by atoms with Crippen LogP contribution in [0.4, 0.5) is 11.4 Å². The second kappa shape index (κ2) is 5.99. The number of fused-ring (bicyclic) bond motifs is 1. The molecule has 1 N–H and O–H groups in total. The Labute approximate surface area is 137 Å². The molecular formula is C16H12Cl2N2O2. The van der Waals surface area contributed by atoms with Crippen LogP contribution >= 0.6 is 23.2 Å². The van der Waals surface area contributed by atoms with Crippen LogP contribution in [0.5, 0.6) is 0 Å². The van der Waals surface area contributed by atoms with Gasteiger partial charge in [0.15, 0.2) is 0 Å². The van der Waals surface area contributed by atoms with Gasteiger partial charge in [-0.05, 0) is 29.8 Å². The first-order valence-electron chi connectivity index (χ1n) is 6.68. The van der Waals surface area contributed by atoms with Crippen LogP contribution in [0.15, 0.2) is 42.5 Å². The summed E-state index contributed by atoms with van der Waals surface area (Å²) in [6.45, 7) is 0.0111. The lowest BCUT2D eigenvalue weighted by molar-refractivity contribution is -0.121. The van der Waals surface area contributed by atoms with Gasteiger partial charge in [0.1, 0.15) is 6.54 Å². The molecule has 0 atom stereocenters. The van der Waals surface area contributed by atoms with Gasteiger partial charge in [-0.15, -0.1) is 0 Å². The average Bonchev–Trinajstić information content (AvgIpc) is 2.50. The predicted octanol–water partition coefficient (Wildman–Crippen LogP) is 3.52. The van der Waals surface area contributed by atoms with Gasteiger partial charge in [-0.2, -0.15) is 0 Å². The van der Waals surface area contributed by atoms with Crippen molar-refractivity contribution in [1.29, 1.82) is 0 Å².